The highest BCUT2D eigenvalue weighted by Gasteiger charge is 2.31. The average Bonchev–Trinajstić information content (AvgIpc) is 2.29. The van der Waals surface area contributed by atoms with E-state index >= 15 is 0 Å². The molecule has 1 unspecified atom stereocenters. The zero-order chi connectivity index (χ0) is 12.5. The number of rotatable bonds is 1. The van der Waals surface area contributed by atoms with Crippen molar-refractivity contribution in [2.24, 2.45) is 0 Å². The second-order valence-electron chi connectivity index (χ2n) is 4.28. The highest BCUT2D eigenvalue weighted by molar-refractivity contribution is 5.29. The molecule has 1 nitrogen and oxygen atoms in total. The molecule has 5 heteroatoms. The van der Waals surface area contributed by atoms with Crippen molar-refractivity contribution in [3.8, 4) is 0 Å². The van der Waals surface area contributed by atoms with Gasteiger partial charge in [-0.3, -0.25) is 0 Å². The summed E-state index contributed by atoms with van der Waals surface area (Å²) in [5.74, 6) is -0.778. The van der Waals surface area contributed by atoms with Crippen molar-refractivity contribution < 1.29 is 17.6 Å². The summed E-state index contributed by atoms with van der Waals surface area (Å²) in [5, 5.41) is 3.12. The maximum atomic E-state index is 13.6. The molecule has 17 heavy (non-hydrogen) atoms. The molecular weight excluding hydrogens is 234 g/mol. The van der Waals surface area contributed by atoms with Gasteiger partial charge in [0, 0.05) is 6.54 Å². The summed E-state index contributed by atoms with van der Waals surface area (Å²) in [4.78, 5) is 0. The molecule has 1 aromatic carbocycles. The van der Waals surface area contributed by atoms with Gasteiger partial charge in [0.05, 0.1) is 5.56 Å². The fraction of sp³-hybridized carbons (Fsp3) is 0.500. The van der Waals surface area contributed by atoms with E-state index in [1.165, 1.54) is 6.07 Å². The number of benzene rings is 1. The molecule has 1 atom stereocenters. The first kappa shape index (κ1) is 12.4. The van der Waals surface area contributed by atoms with E-state index in [-0.39, 0.29) is 5.92 Å². The first-order valence-electron chi connectivity index (χ1n) is 5.56. The van der Waals surface area contributed by atoms with Crippen molar-refractivity contribution in [2.45, 2.75) is 24.9 Å². The second-order valence-corrected chi connectivity index (χ2v) is 4.28. The van der Waals surface area contributed by atoms with E-state index in [4.69, 9.17) is 0 Å². The molecule has 0 radical (unpaired) electrons. The van der Waals surface area contributed by atoms with Gasteiger partial charge in [-0.25, -0.2) is 4.39 Å². The zero-order valence-electron chi connectivity index (χ0n) is 9.15. The van der Waals surface area contributed by atoms with E-state index in [0.717, 1.165) is 25.5 Å². The molecule has 2 rings (SSSR count). The van der Waals surface area contributed by atoms with E-state index in [9.17, 15) is 17.6 Å². The number of hydrogen-bond acceptors (Lipinski definition) is 1. The van der Waals surface area contributed by atoms with Crippen molar-refractivity contribution in [2.75, 3.05) is 13.1 Å². The van der Waals surface area contributed by atoms with Crippen LogP contribution in [0.2, 0.25) is 0 Å². The van der Waals surface area contributed by atoms with Crippen LogP contribution in [0.3, 0.4) is 0 Å². The van der Waals surface area contributed by atoms with E-state index in [1.54, 1.807) is 0 Å². The van der Waals surface area contributed by atoms with Crippen molar-refractivity contribution in [1.29, 1.82) is 0 Å². The van der Waals surface area contributed by atoms with E-state index in [2.05, 4.69) is 5.32 Å². The van der Waals surface area contributed by atoms with Gasteiger partial charge in [0.15, 0.2) is 0 Å². The van der Waals surface area contributed by atoms with Crippen LogP contribution in [0.15, 0.2) is 18.2 Å². The third-order valence-electron chi connectivity index (χ3n) is 3.06. The Kier molecular flexibility index (Phi) is 3.38. The average molecular weight is 247 g/mol. The number of halogens is 4. The van der Waals surface area contributed by atoms with Crippen LogP contribution in [-0.4, -0.2) is 13.1 Å². The standard InChI is InChI=1S/C12H13F4N/c13-11-6-9(12(14,15)16)3-4-10(11)8-2-1-5-17-7-8/h3-4,6,8,17H,1-2,5,7H2. The van der Waals surface area contributed by atoms with Crippen LogP contribution in [0.4, 0.5) is 17.6 Å². The van der Waals surface area contributed by atoms with Gasteiger partial charge in [0.1, 0.15) is 5.82 Å². The van der Waals surface area contributed by atoms with Gasteiger partial charge in [-0.15, -0.1) is 0 Å². The van der Waals surface area contributed by atoms with Crippen LogP contribution >= 0.6 is 0 Å². The molecule has 0 aromatic heterocycles. The van der Waals surface area contributed by atoms with Crippen LogP contribution in [-0.2, 0) is 6.18 Å². The molecule has 0 spiro atoms. The Morgan fingerprint density at radius 3 is 2.53 bits per heavy atom. The number of nitrogens with one attached hydrogen (secondary N) is 1. The molecule has 1 heterocycles. The van der Waals surface area contributed by atoms with E-state index < -0.39 is 17.6 Å². The molecule has 1 aliphatic heterocycles. The molecule has 1 N–H and O–H groups in total. The summed E-state index contributed by atoms with van der Waals surface area (Å²) in [6.07, 6.45) is -2.75. The van der Waals surface area contributed by atoms with Gasteiger partial charge < -0.3 is 5.32 Å². The minimum atomic E-state index is -4.48. The Hall–Kier alpha value is -1.10. The van der Waals surface area contributed by atoms with Gasteiger partial charge in [-0.05, 0) is 43.0 Å². The fourth-order valence-corrected chi connectivity index (χ4v) is 2.15. The molecular formula is C12H13F4N. The van der Waals surface area contributed by atoms with E-state index in [1.807, 2.05) is 0 Å². The lowest BCUT2D eigenvalue weighted by Gasteiger charge is -2.23. The first-order valence-corrected chi connectivity index (χ1v) is 5.56. The van der Waals surface area contributed by atoms with Crippen molar-refractivity contribution in [1.82, 2.24) is 5.32 Å². The van der Waals surface area contributed by atoms with Gasteiger partial charge in [-0.2, -0.15) is 13.2 Å². The second kappa shape index (κ2) is 4.64. The van der Waals surface area contributed by atoms with Crippen LogP contribution < -0.4 is 5.32 Å². The number of alkyl halides is 3. The number of hydrogen-bond donors (Lipinski definition) is 1. The smallest absolute Gasteiger partial charge is 0.316 e. The summed E-state index contributed by atoms with van der Waals surface area (Å²) in [6.45, 7) is 1.51. The lowest BCUT2D eigenvalue weighted by atomic mass is 9.90. The van der Waals surface area contributed by atoms with Gasteiger partial charge in [0.25, 0.3) is 0 Å². The SMILES string of the molecule is Fc1cc(C(F)(F)F)ccc1C1CCCNC1. The lowest BCUT2D eigenvalue weighted by molar-refractivity contribution is -0.137. The first-order chi connectivity index (χ1) is 7.98. The molecule has 1 aromatic rings. The maximum Gasteiger partial charge on any atom is 0.416 e. The normalized spacial score (nSPS) is 21.5. The zero-order valence-corrected chi connectivity index (χ0v) is 9.15. The minimum absolute atomic E-state index is 0.0222. The fourth-order valence-electron chi connectivity index (χ4n) is 2.15. The Morgan fingerprint density at radius 1 is 1.24 bits per heavy atom. The third kappa shape index (κ3) is 2.77. The quantitative estimate of drug-likeness (QED) is 0.751. The molecule has 0 saturated carbocycles. The summed E-state index contributed by atoms with van der Waals surface area (Å²) in [6, 6.07) is 2.80. The predicted molar refractivity (Wildman–Crippen MR) is 56.2 cm³/mol. The molecule has 1 fully saturated rings. The van der Waals surface area contributed by atoms with Crippen molar-refractivity contribution >= 4 is 0 Å². The van der Waals surface area contributed by atoms with Crippen LogP contribution in [0, 0.1) is 5.82 Å². The molecule has 0 aliphatic carbocycles. The monoisotopic (exact) mass is 247 g/mol. The highest BCUT2D eigenvalue weighted by Crippen LogP contribution is 2.33. The Balaban J connectivity index is 2.25. The van der Waals surface area contributed by atoms with Gasteiger partial charge in [0.2, 0.25) is 0 Å². The molecule has 1 aliphatic rings. The van der Waals surface area contributed by atoms with Gasteiger partial charge >= 0.3 is 6.18 Å². The summed E-state index contributed by atoms with van der Waals surface area (Å²) in [5.41, 5.74) is -0.548. The summed E-state index contributed by atoms with van der Waals surface area (Å²) in [7, 11) is 0. The Morgan fingerprint density at radius 2 is 2.00 bits per heavy atom. The van der Waals surface area contributed by atoms with E-state index in [0.29, 0.717) is 18.2 Å². The van der Waals surface area contributed by atoms with Crippen LogP contribution in [0.25, 0.3) is 0 Å². The Labute approximate surface area is 96.8 Å². The molecule has 94 valence electrons. The summed E-state index contributed by atoms with van der Waals surface area (Å²) < 4.78 is 50.7. The molecule has 1 saturated heterocycles. The lowest BCUT2D eigenvalue weighted by Crippen LogP contribution is -2.28. The van der Waals surface area contributed by atoms with Gasteiger partial charge in [-0.1, -0.05) is 6.07 Å². The molecule has 0 amide bonds. The van der Waals surface area contributed by atoms with Crippen LogP contribution in [0.1, 0.15) is 29.9 Å². The predicted octanol–water partition coefficient (Wildman–Crippen LogP) is 3.31. The maximum absolute atomic E-state index is 13.6. The van der Waals surface area contributed by atoms with Crippen LogP contribution in [0.5, 0.6) is 0 Å². The topological polar surface area (TPSA) is 12.0 Å². The summed E-state index contributed by atoms with van der Waals surface area (Å²) >= 11 is 0. The number of piperidine rings is 1. The molecule has 0 bridgehead atoms. The van der Waals surface area contributed by atoms with Crippen molar-refractivity contribution in [3.63, 3.8) is 0 Å². The third-order valence-corrected chi connectivity index (χ3v) is 3.06. The minimum Gasteiger partial charge on any atom is -0.316 e. The largest absolute Gasteiger partial charge is 0.416 e. The highest BCUT2D eigenvalue weighted by atomic mass is 19.4. The Bertz CT molecular complexity index is 394. The van der Waals surface area contributed by atoms with Crippen molar-refractivity contribution in [3.05, 3.63) is 35.1 Å².